The molecule has 0 aromatic heterocycles. The largest absolute Gasteiger partial charge is 0.365 e. The summed E-state index contributed by atoms with van der Waals surface area (Å²) >= 11 is 0. The van der Waals surface area contributed by atoms with Gasteiger partial charge < -0.3 is 10.2 Å². The second kappa shape index (κ2) is 5.40. The maximum atomic E-state index is 11.2. The van der Waals surface area contributed by atoms with Crippen LogP contribution in [0.25, 0.3) is 0 Å². The van der Waals surface area contributed by atoms with E-state index in [0.29, 0.717) is 5.41 Å². The van der Waals surface area contributed by atoms with Crippen molar-refractivity contribution in [1.82, 2.24) is 5.32 Å². The highest BCUT2D eigenvalue weighted by Gasteiger charge is 2.37. The molecule has 2 fully saturated rings. The molecule has 1 aromatic rings. The second-order valence-electron chi connectivity index (χ2n) is 6.05. The van der Waals surface area contributed by atoms with Crippen molar-refractivity contribution in [3.05, 3.63) is 34.4 Å². The fourth-order valence-corrected chi connectivity index (χ4v) is 3.68. The molecule has 1 unspecified atom stereocenters. The fourth-order valence-electron chi connectivity index (χ4n) is 3.68. The van der Waals surface area contributed by atoms with Crippen molar-refractivity contribution in [2.24, 2.45) is 5.41 Å². The van der Waals surface area contributed by atoms with Crippen molar-refractivity contribution in [3.63, 3.8) is 0 Å². The van der Waals surface area contributed by atoms with E-state index in [1.54, 1.807) is 12.1 Å². The van der Waals surface area contributed by atoms with Crippen LogP contribution in [-0.2, 0) is 0 Å². The second-order valence-corrected chi connectivity index (χ2v) is 6.05. The van der Waals surface area contributed by atoms with Gasteiger partial charge in [0, 0.05) is 31.1 Å². The topological polar surface area (TPSA) is 58.4 Å². The molecule has 20 heavy (non-hydrogen) atoms. The number of benzene rings is 1. The number of hydrogen-bond donors (Lipinski definition) is 1. The van der Waals surface area contributed by atoms with Crippen molar-refractivity contribution in [2.75, 3.05) is 31.1 Å². The first kappa shape index (κ1) is 13.4. The van der Waals surface area contributed by atoms with Gasteiger partial charge in [-0.3, -0.25) is 10.1 Å². The smallest absolute Gasteiger partial charge is 0.292 e. The highest BCUT2D eigenvalue weighted by molar-refractivity contribution is 5.63. The summed E-state index contributed by atoms with van der Waals surface area (Å²) < 4.78 is 0. The summed E-state index contributed by atoms with van der Waals surface area (Å²) in [6, 6.07) is 7.12. The number of hydrogen-bond acceptors (Lipinski definition) is 4. The first-order valence-electron chi connectivity index (χ1n) is 7.39. The molecule has 0 aliphatic carbocycles. The van der Waals surface area contributed by atoms with Crippen LogP contribution in [-0.4, -0.2) is 31.1 Å². The molecule has 108 valence electrons. The van der Waals surface area contributed by atoms with E-state index >= 15 is 0 Å². The fraction of sp³-hybridized carbons (Fsp3) is 0.600. The van der Waals surface area contributed by atoms with Crippen molar-refractivity contribution in [2.45, 2.75) is 25.7 Å². The van der Waals surface area contributed by atoms with Crippen molar-refractivity contribution < 1.29 is 4.92 Å². The van der Waals surface area contributed by atoms with E-state index in [-0.39, 0.29) is 10.6 Å². The van der Waals surface area contributed by atoms with Gasteiger partial charge in [-0.25, -0.2) is 0 Å². The first-order valence-corrected chi connectivity index (χ1v) is 7.39. The number of rotatable bonds is 2. The maximum absolute atomic E-state index is 11.2. The number of para-hydroxylation sites is 2. The van der Waals surface area contributed by atoms with Crippen LogP contribution < -0.4 is 10.2 Å². The summed E-state index contributed by atoms with van der Waals surface area (Å²) in [6.07, 6.45) is 4.80. The minimum Gasteiger partial charge on any atom is -0.365 e. The predicted molar refractivity (Wildman–Crippen MR) is 79.1 cm³/mol. The van der Waals surface area contributed by atoms with Crippen LogP contribution in [0.1, 0.15) is 25.7 Å². The molecule has 0 radical (unpaired) electrons. The molecule has 0 amide bonds. The van der Waals surface area contributed by atoms with Crippen molar-refractivity contribution in [1.29, 1.82) is 0 Å². The first-order chi connectivity index (χ1) is 9.70. The lowest BCUT2D eigenvalue weighted by Crippen LogP contribution is -2.51. The molecule has 2 saturated heterocycles. The van der Waals surface area contributed by atoms with Crippen LogP contribution in [0.5, 0.6) is 0 Å². The molecule has 2 heterocycles. The summed E-state index contributed by atoms with van der Waals surface area (Å²) in [5.74, 6) is 0. The molecule has 1 atom stereocenters. The summed E-state index contributed by atoms with van der Waals surface area (Å²) in [5, 5.41) is 14.7. The number of nitrogens with one attached hydrogen (secondary N) is 1. The Balaban J connectivity index is 1.85. The molecular formula is C15H21N3O2. The molecule has 5 heteroatoms. The standard InChI is InChI=1S/C15H21N3O2/c19-18(20)14-6-2-1-5-13(14)17-10-4-8-15(12-17)7-3-9-16-11-15/h1-2,5-6,16H,3-4,7-12H2. The Morgan fingerprint density at radius 2 is 2.05 bits per heavy atom. The van der Waals surface area contributed by atoms with E-state index in [0.717, 1.165) is 38.3 Å². The summed E-state index contributed by atoms with van der Waals surface area (Å²) in [5.41, 5.74) is 1.32. The lowest BCUT2D eigenvalue weighted by Gasteiger charge is -2.46. The summed E-state index contributed by atoms with van der Waals surface area (Å²) in [4.78, 5) is 13.1. The minimum absolute atomic E-state index is 0.230. The Hall–Kier alpha value is -1.62. The molecular weight excluding hydrogens is 254 g/mol. The van der Waals surface area contributed by atoms with E-state index < -0.39 is 0 Å². The average Bonchev–Trinajstić information content (AvgIpc) is 2.48. The van der Waals surface area contributed by atoms with E-state index in [4.69, 9.17) is 0 Å². The van der Waals surface area contributed by atoms with Gasteiger partial charge in [-0.05, 0) is 38.3 Å². The Bertz CT molecular complexity index is 492. The molecule has 1 aromatic carbocycles. The third-order valence-corrected chi connectivity index (χ3v) is 4.64. The van der Waals surface area contributed by atoms with Gasteiger partial charge in [0.1, 0.15) is 5.69 Å². The summed E-state index contributed by atoms with van der Waals surface area (Å²) in [6.45, 7) is 4.01. The normalized spacial score (nSPS) is 26.7. The molecule has 0 saturated carbocycles. The van der Waals surface area contributed by atoms with Gasteiger partial charge in [-0.1, -0.05) is 12.1 Å². The number of anilines is 1. The molecule has 1 spiro atoms. The Morgan fingerprint density at radius 1 is 1.25 bits per heavy atom. The van der Waals surface area contributed by atoms with Crippen molar-refractivity contribution >= 4 is 11.4 Å². The molecule has 2 aliphatic heterocycles. The Labute approximate surface area is 119 Å². The molecule has 3 rings (SSSR count). The molecule has 5 nitrogen and oxygen atoms in total. The summed E-state index contributed by atoms with van der Waals surface area (Å²) in [7, 11) is 0. The van der Waals surface area contributed by atoms with Crippen LogP contribution in [0.2, 0.25) is 0 Å². The third kappa shape index (κ3) is 2.50. The SMILES string of the molecule is O=[N+]([O-])c1ccccc1N1CCCC2(CCCNC2)C1. The lowest BCUT2D eigenvalue weighted by atomic mass is 9.74. The van der Waals surface area contributed by atoms with Gasteiger partial charge in [0.15, 0.2) is 0 Å². The van der Waals surface area contributed by atoms with Crippen molar-refractivity contribution in [3.8, 4) is 0 Å². The van der Waals surface area contributed by atoms with E-state index in [2.05, 4.69) is 10.2 Å². The van der Waals surface area contributed by atoms with Gasteiger partial charge in [0.05, 0.1) is 4.92 Å². The highest BCUT2D eigenvalue weighted by Crippen LogP contribution is 2.39. The van der Waals surface area contributed by atoms with Crippen LogP contribution in [0.4, 0.5) is 11.4 Å². The predicted octanol–water partition coefficient (Wildman–Crippen LogP) is 2.56. The number of nitrogens with zero attached hydrogens (tertiary/aromatic N) is 2. The van der Waals surface area contributed by atoms with Crippen LogP contribution in [0, 0.1) is 15.5 Å². The van der Waals surface area contributed by atoms with Gasteiger partial charge >= 0.3 is 0 Å². The number of piperidine rings is 2. The Morgan fingerprint density at radius 3 is 2.80 bits per heavy atom. The average molecular weight is 275 g/mol. The highest BCUT2D eigenvalue weighted by atomic mass is 16.6. The lowest BCUT2D eigenvalue weighted by molar-refractivity contribution is -0.384. The van der Waals surface area contributed by atoms with Gasteiger partial charge in [-0.15, -0.1) is 0 Å². The number of nitro benzene ring substituents is 1. The maximum Gasteiger partial charge on any atom is 0.292 e. The quantitative estimate of drug-likeness (QED) is 0.665. The monoisotopic (exact) mass is 275 g/mol. The van der Waals surface area contributed by atoms with Crippen LogP contribution in [0.15, 0.2) is 24.3 Å². The van der Waals surface area contributed by atoms with Crippen LogP contribution in [0.3, 0.4) is 0 Å². The molecule has 1 N–H and O–H groups in total. The van der Waals surface area contributed by atoms with Crippen LogP contribution >= 0.6 is 0 Å². The van der Waals surface area contributed by atoms with Gasteiger partial charge in [0.25, 0.3) is 5.69 Å². The zero-order valence-corrected chi connectivity index (χ0v) is 11.7. The Kier molecular flexibility index (Phi) is 3.61. The molecule has 0 bridgehead atoms. The zero-order chi connectivity index (χ0) is 14.0. The zero-order valence-electron chi connectivity index (χ0n) is 11.7. The number of nitro groups is 1. The van der Waals surface area contributed by atoms with E-state index in [1.807, 2.05) is 12.1 Å². The van der Waals surface area contributed by atoms with E-state index in [9.17, 15) is 10.1 Å². The third-order valence-electron chi connectivity index (χ3n) is 4.64. The van der Waals surface area contributed by atoms with Gasteiger partial charge in [-0.2, -0.15) is 0 Å². The van der Waals surface area contributed by atoms with Gasteiger partial charge in [0.2, 0.25) is 0 Å². The minimum atomic E-state index is -0.268. The molecule has 2 aliphatic rings. The van der Waals surface area contributed by atoms with E-state index in [1.165, 1.54) is 19.3 Å².